The second-order valence-corrected chi connectivity index (χ2v) is 4.73. The number of hydrogen-bond acceptors (Lipinski definition) is 4. The van der Waals surface area contributed by atoms with Gasteiger partial charge in [-0.05, 0) is 12.1 Å². The molecule has 17 heavy (non-hydrogen) atoms. The van der Waals surface area contributed by atoms with Crippen molar-refractivity contribution in [3.63, 3.8) is 0 Å². The van der Waals surface area contributed by atoms with Gasteiger partial charge in [0, 0.05) is 23.4 Å². The quantitative estimate of drug-likeness (QED) is 0.872. The monoisotopic (exact) mass is 252 g/mol. The zero-order chi connectivity index (χ0) is 12.3. The second-order valence-electron chi connectivity index (χ2n) is 3.78. The normalized spacial score (nSPS) is 12.6. The molecule has 3 N–H and O–H groups in total. The topological polar surface area (TPSA) is 59.1 Å². The molecule has 0 bridgehead atoms. The van der Waals surface area contributed by atoms with Gasteiger partial charge >= 0.3 is 0 Å². The van der Waals surface area contributed by atoms with Crippen LogP contribution in [-0.2, 0) is 6.42 Å². The van der Waals surface area contributed by atoms with E-state index in [0.29, 0.717) is 6.42 Å². The van der Waals surface area contributed by atoms with E-state index in [1.54, 1.807) is 6.07 Å². The van der Waals surface area contributed by atoms with Crippen LogP contribution in [0.25, 0.3) is 11.3 Å². The van der Waals surface area contributed by atoms with Crippen LogP contribution in [0.15, 0.2) is 29.6 Å². The molecule has 0 amide bonds. The van der Waals surface area contributed by atoms with Gasteiger partial charge in [-0.15, -0.1) is 11.3 Å². The molecule has 90 valence electrons. The van der Waals surface area contributed by atoms with E-state index in [0.717, 1.165) is 16.3 Å². The first-order valence-electron chi connectivity index (χ1n) is 5.26. The zero-order valence-electron chi connectivity index (χ0n) is 9.14. The minimum absolute atomic E-state index is 0.0606. The van der Waals surface area contributed by atoms with Crippen LogP contribution in [0.5, 0.6) is 0 Å². The van der Waals surface area contributed by atoms with E-state index in [-0.39, 0.29) is 18.5 Å². The molecule has 0 radical (unpaired) electrons. The van der Waals surface area contributed by atoms with E-state index in [9.17, 15) is 4.39 Å². The van der Waals surface area contributed by atoms with E-state index in [2.05, 4.69) is 4.98 Å². The predicted octanol–water partition coefficient (Wildman–Crippen LogP) is 1.81. The van der Waals surface area contributed by atoms with Crippen molar-refractivity contribution >= 4 is 11.3 Å². The first-order chi connectivity index (χ1) is 8.19. The summed E-state index contributed by atoms with van der Waals surface area (Å²) >= 11 is 1.47. The lowest BCUT2D eigenvalue weighted by Crippen LogP contribution is -2.26. The molecule has 1 atom stereocenters. The number of aliphatic hydroxyl groups excluding tert-OH is 1. The Morgan fingerprint density at radius 1 is 1.47 bits per heavy atom. The highest BCUT2D eigenvalue weighted by molar-refractivity contribution is 7.09. The van der Waals surface area contributed by atoms with Crippen molar-refractivity contribution in [3.05, 3.63) is 40.5 Å². The third kappa shape index (κ3) is 3.09. The first kappa shape index (κ1) is 12.2. The number of nitrogens with zero attached hydrogens (tertiary/aromatic N) is 1. The van der Waals surface area contributed by atoms with Gasteiger partial charge in [-0.3, -0.25) is 0 Å². The largest absolute Gasteiger partial charge is 0.395 e. The minimum Gasteiger partial charge on any atom is -0.395 e. The maximum absolute atomic E-state index is 13.0. The van der Waals surface area contributed by atoms with Crippen molar-refractivity contribution < 1.29 is 9.50 Å². The molecule has 0 aliphatic heterocycles. The molecule has 1 aromatic heterocycles. The molecule has 0 spiro atoms. The van der Waals surface area contributed by atoms with Gasteiger partial charge in [0.05, 0.1) is 17.3 Å². The Bertz CT molecular complexity index is 501. The Balaban J connectivity index is 2.18. The SMILES string of the molecule is NC(CO)Cc1nc(-c2cccc(F)c2)cs1. The highest BCUT2D eigenvalue weighted by Crippen LogP contribution is 2.22. The fourth-order valence-electron chi connectivity index (χ4n) is 1.47. The summed E-state index contributed by atoms with van der Waals surface area (Å²) in [6.45, 7) is -0.0606. The van der Waals surface area contributed by atoms with Crippen LogP contribution in [-0.4, -0.2) is 22.7 Å². The number of hydrogen-bond donors (Lipinski definition) is 2. The van der Waals surface area contributed by atoms with Crippen molar-refractivity contribution in [3.8, 4) is 11.3 Å². The summed E-state index contributed by atoms with van der Waals surface area (Å²) < 4.78 is 13.0. The van der Waals surface area contributed by atoms with Crippen LogP contribution in [0.3, 0.4) is 0 Å². The third-order valence-corrected chi connectivity index (χ3v) is 3.21. The van der Waals surface area contributed by atoms with Gasteiger partial charge in [-0.25, -0.2) is 9.37 Å². The number of aliphatic hydroxyl groups is 1. The van der Waals surface area contributed by atoms with Gasteiger partial charge in [0.2, 0.25) is 0 Å². The summed E-state index contributed by atoms with van der Waals surface area (Å²) in [7, 11) is 0. The van der Waals surface area contributed by atoms with Crippen molar-refractivity contribution in [2.75, 3.05) is 6.61 Å². The summed E-state index contributed by atoms with van der Waals surface area (Å²) in [6.07, 6.45) is 0.538. The van der Waals surface area contributed by atoms with E-state index < -0.39 is 0 Å². The van der Waals surface area contributed by atoms with Crippen LogP contribution in [0.2, 0.25) is 0 Å². The summed E-state index contributed by atoms with van der Waals surface area (Å²) in [6, 6.07) is 6.03. The molecule has 3 nitrogen and oxygen atoms in total. The van der Waals surface area contributed by atoms with Crippen LogP contribution in [0.4, 0.5) is 4.39 Å². The molecule has 0 aliphatic carbocycles. The van der Waals surface area contributed by atoms with Gasteiger partial charge in [0.15, 0.2) is 0 Å². The Kier molecular flexibility index (Phi) is 3.83. The molecular weight excluding hydrogens is 239 g/mol. The molecule has 5 heteroatoms. The maximum atomic E-state index is 13.0. The molecule has 0 aliphatic rings. The molecular formula is C12H13FN2OS. The third-order valence-electron chi connectivity index (χ3n) is 2.34. The number of halogens is 1. The smallest absolute Gasteiger partial charge is 0.123 e. The molecule has 1 unspecified atom stereocenters. The Hall–Kier alpha value is -1.30. The minimum atomic E-state index is -0.290. The predicted molar refractivity (Wildman–Crippen MR) is 66.3 cm³/mol. The maximum Gasteiger partial charge on any atom is 0.123 e. The summed E-state index contributed by atoms with van der Waals surface area (Å²) in [5.74, 6) is -0.274. The van der Waals surface area contributed by atoms with Crippen molar-refractivity contribution in [1.82, 2.24) is 4.98 Å². The molecule has 1 aromatic carbocycles. The van der Waals surface area contributed by atoms with Crippen LogP contribution < -0.4 is 5.73 Å². The lowest BCUT2D eigenvalue weighted by Gasteiger charge is -2.03. The van der Waals surface area contributed by atoms with Crippen LogP contribution in [0, 0.1) is 5.82 Å². The standard InChI is InChI=1S/C12H13FN2OS/c13-9-3-1-2-8(4-9)11-7-17-12(15-11)5-10(14)6-16/h1-4,7,10,16H,5-6,14H2. The highest BCUT2D eigenvalue weighted by atomic mass is 32.1. The Morgan fingerprint density at radius 2 is 2.29 bits per heavy atom. The summed E-state index contributed by atoms with van der Waals surface area (Å²) in [4.78, 5) is 4.37. The van der Waals surface area contributed by atoms with E-state index in [4.69, 9.17) is 10.8 Å². The van der Waals surface area contributed by atoms with Gasteiger partial charge in [-0.1, -0.05) is 12.1 Å². The summed E-state index contributed by atoms with van der Waals surface area (Å²) in [5.41, 5.74) is 7.13. The Labute approximate surface area is 103 Å². The first-order valence-corrected chi connectivity index (χ1v) is 6.14. The van der Waals surface area contributed by atoms with Gasteiger partial charge in [0.25, 0.3) is 0 Å². The van der Waals surface area contributed by atoms with Crippen molar-refractivity contribution in [1.29, 1.82) is 0 Å². The number of benzene rings is 1. The fraction of sp³-hybridized carbons (Fsp3) is 0.250. The highest BCUT2D eigenvalue weighted by Gasteiger charge is 2.08. The molecule has 0 fully saturated rings. The van der Waals surface area contributed by atoms with Gasteiger partial charge in [-0.2, -0.15) is 0 Å². The van der Waals surface area contributed by atoms with Gasteiger partial charge < -0.3 is 10.8 Å². The van der Waals surface area contributed by atoms with Gasteiger partial charge in [0.1, 0.15) is 5.82 Å². The van der Waals surface area contributed by atoms with E-state index in [1.165, 1.54) is 23.5 Å². The summed E-state index contributed by atoms with van der Waals surface area (Å²) in [5, 5.41) is 11.6. The Morgan fingerprint density at radius 3 is 3.00 bits per heavy atom. The molecule has 0 saturated heterocycles. The fourth-order valence-corrected chi connectivity index (χ4v) is 2.37. The average molecular weight is 252 g/mol. The number of thiazole rings is 1. The lowest BCUT2D eigenvalue weighted by atomic mass is 10.2. The number of rotatable bonds is 4. The van der Waals surface area contributed by atoms with Crippen LogP contribution >= 0.6 is 11.3 Å². The lowest BCUT2D eigenvalue weighted by molar-refractivity contribution is 0.265. The second kappa shape index (κ2) is 5.35. The molecule has 2 rings (SSSR count). The molecule has 1 heterocycles. The zero-order valence-corrected chi connectivity index (χ0v) is 9.95. The van der Waals surface area contributed by atoms with Crippen molar-refractivity contribution in [2.45, 2.75) is 12.5 Å². The number of nitrogens with two attached hydrogens (primary N) is 1. The molecule has 2 aromatic rings. The number of aromatic nitrogens is 1. The average Bonchev–Trinajstić information content (AvgIpc) is 2.77. The molecule has 0 saturated carbocycles. The van der Waals surface area contributed by atoms with E-state index >= 15 is 0 Å². The van der Waals surface area contributed by atoms with Crippen molar-refractivity contribution in [2.24, 2.45) is 5.73 Å². The van der Waals surface area contributed by atoms with E-state index in [1.807, 2.05) is 11.4 Å². The van der Waals surface area contributed by atoms with Crippen LogP contribution in [0.1, 0.15) is 5.01 Å².